The summed E-state index contributed by atoms with van der Waals surface area (Å²) in [6.07, 6.45) is 0.314. The van der Waals surface area contributed by atoms with Crippen molar-refractivity contribution in [3.8, 4) is 11.1 Å². The third-order valence-corrected chi connectivity index (χ3v) is 6.86. The van der Waals surface area contributed by atoms with Gasteiger partial charge in [-0.3, -0.25) is 9.59 Å². The molecule has 2 N–H and O–H groups in total. The highest BCUT2D eigenvalue weighted by atomic mass is 16.5. The zero-order chi connectivity index (χ0) is 23.5. The fourth-order valence-electron chi connectivity index (χ4n) is 4.65. The lowest BCUT2D eigenvalue weighted by Gasteiger charge is -2.41. The molecule has 0 spiro atoms. The van der Waals surface area contributed by atoms with E-state index in [4.69, 9.17) is 9.84 Å². The van der Waals surface area contributed by atoms with Crippen LogP contribution in [0, 0.1) is 11.8 Å². The largest absolute Gasteiger partial charge is 0.481 e. The van der Waals surface area contributed by atoms with Gasteiger partial charge in [0.25, 0.3) is 0 Å². The van der Waals surface area contributed by atoms with Gasteiger partial charge in [-0.25, -0.2) is 4.79 Å². The molecular formula is C26H30N2O5. The standard InChI is InChI=1S/C26H30N2O5/c1-16(11-12-24(29)28-13-18(14-28)17(2)25(30)31)27-26(32)33-15-23-21-9-5-3-7-19(21)20-8-4-6-10-22(20)23/h3-10,16-18,23H,11-15H2,1-2H3,(H,27,32)(H,30,31). The monoisotopic (exact) mass is 450 g/mol. The summed E-state index contributed by atoms with van der Waals surface area (Å²) in [5.41, 5.74) is 4.69. The number of fused-ring (bicyclic) bond motifs is 3. The van der Waals surface area contributed by atoms with Crippen LogP contribution in [0.4, 0.5) is 4.79 Å². The Morgan fingerprint density at radius 3 is 2.18 bits per heavy atom. The number of alkyl carbamates (subject to hydrolysis) is 1. The average molecular weight is 451 g/mol. The topological polar surface area (TPSA) is 95.9 Å². The first-order valence-electron chi connectivity index (χ1n) is 11.5. The summed E-state index contributed by atoms with van der Waals surface area (Å²) >= 11 is 0. The highest BCUT2D eigenvalue weighted by molar-refractivity contribution is 5.79. The molecular weight excluding hydrogens is 420 g/mol. The molecule has 1 saturated heterocycles. The molecule has 0 saturated carbocycles. The molecule has 7 heteroatoms. The second-order valence-corrected chi connectivity index (χ2v) is 9.10. The van der Waals surface area contributed by atoms with Crippen LogP contribution in [0.2, 0.25) is 0 Å². The fraction of sp³-hybridized carbons (Fsp3) is 0.423. The van der Waals surface area contributed by atoms with Crippen molar-refractivity contribution >= 4 is 18.0 Å². The number of amides is 2. The Morgan fingerprint density at radius 1 is 1.03 bits per heavy atom. The normalized spacial score (nSPS) is 16.8. The van der Waals surface area contributed by atoms with Crippen molar-refractivity contribution in [1.29, 1.82) is 0 Å². The first kappa shape index (κ1) is 22.8. The van der Waals surface area contributed by atoms with Gasteiger partial charge in [-0.15, -0.1) is 0 Å². The van der Waals surface area contributed by atoms with Gasteiger partial charge in [0.05, 0.1) is 5.92 Å². The molecule has 0 aromatic heterocycles. The van der Waals surface area contributed by atoms with Crippen LogP contribution in [0.1, 0.15) is 43.7 Å². The van der Waals surface area contributed by atoms with E-state index >= 15 is 0 Å². The Bertz CT molecular complexity index is 1000. The van der Waals surface area contributed by atoms with E-state index in [1.54, 1.807) is 11.8 Å². The number of carbonyl (C=O) groups excluding carboxylic acids is 2. The van der Waals surface area contributed by atoms with E-state index in [2.05, 4.69) is 29.6 Å². The van der Waals surface area contributed by atoms with Crippen molar-refractivity contribution in [3.05, 3.63) is 59.7 Å². The summed E-state index contributed by atoms with van der Waals surface area (Å²) in [5.74, 6) is -1.25. The number of carboxylic acid groups (broad SMARTS) is 1. The summed E-state index contributed by atoms with van der Waals surface area (Å²) in [6, 6.07) is 16.2. The molecule has 2 unspecified atom stereocenters. The van der Waals surface area contributed by atoms with Crippen LogP contribution in [0.25, 0.3) is 11.1 Å². The van der Waals surface area contributed by atoms with Crippen molar-refractivity contribution in [2.75, 3.05) is 19.7 Å². The first-order valence-corrected chi connectivity index (χ1v) is 11.5. The zero-order valence-corrected chi connectivity index (χ0v) is 19.0. The molecule has 4 rings (SSSR count). The molecule has 7 nitrogen and oxygen atoms in total. The number of hydrogen-bond donors (Lipinski definition) is 2. The summed E-state index contributed by atoms with van der Waals surface area (Å²) in [5, 5.41) is 11.9. The van der Waals surface area contributed by atoms with Crippen molar-refractivity contribution in [2.24, 2.45) is 11.8 Å². The third-order valence-electron chi connectivity index (χ3n) is 6.86. The van der Waals surface area contributed by atoms with E-state index < -0.39 is 18.0 Å². The lowest BCUT2D eigenvalue weighted by molar-refractivity contribution is -0.150. The Balaban J connectivity index is 1.22. The number of nitrogens with one attached hydrogen (secondary N) is 1. The maximum atomic E-state index is 12.4. The number of ether oxygens (including phenoxy) is 1. The minimum Gasteiger partial charge on any atom is -0.481 e. The predicted octanol–water partition coefficient (Wildman–Crippen LogP) is 3.87. The van der Waals surface area contributed by atoms with Crippen molar-refractivity contribution in [2.45, 2.75) is 38.6 Å². The molecule has 2 aromatic rings. The SMILES string of the molecule is CC(CCC(=O)N1CC(C(C)C(=O)O)C1)NC(=O)OCC1c2ccccc2-c2ccccc21. The molecule has 1 heterocycles. The van der Waals surface area contributed by atoms with E-state index in [0.29, 0.717) is 25.9 Å². The molecule has 2 aliphatic rings. The van der Waals surface area contributed by atoms with Crippen LogP contribution in [0.15, 0.2) is 48.5 Å². The first-order chi connectivity index (χ1) is 15.8. The Hall–Kier alpha value is -3.35. The summed E-state index contributed by atoms with van der Waals surface area (Å²) in [7, 11) is 0. The number of aliphatic carboxylic acids is 1. The number of hydrogen-bond acceptors (Lipinski definition) is 4. The van der Waals surface area contributed by atoms with E-state index in [1.807, 2.05) is 31.2 Å². The molecule has 0 bridgehead atoms. The average Bonchev–Trinajstić information content (AvgIpc) is 3.09. The summed E-state index contributed by atoms with van der Waals surface area (Å²) in [6.45, 7) is 4.75. The van der Waals surface area contributed by atoms with Gasteiger partial charge in [0.15, 0.2) is 0 Å². The highest BCUT2D eigenvalue weighted by Gasteiger charge is 2.37. The van der Waals surface area contributed by atoms with Crippen LogP contribution in [-0.2, 0) is 14.3 Å². The number of likely N-dealkylation sites (tertiary alicyclic amines) is 1. The van der Waals surface area contributed by atoms with Gasteiger partial charge in [-0.1, -0.05) is 55.5 Å². The highest BCUT2D eigenvalue weighted by Crippen LogP contribution is 2.44. The van der Waals surface area contributed by atoms with Gasteiger partial charge < -0.3 is 20.1 Å². The minimum absolute atomic E-state index is 0.00703. The van der Waals surface area contributed by atoms with Crippen molar-refractivity contribution in [3.63, 3.8) is 0 Å². The molecule has 0 radical (unpaired) electrons. The van der Waals surface area contributed by atoms with Gasteiger partial charge in [0.1, 0.15) is 6.61 Å². The third kappa shape index (κ3) is 4.87. The fourth-order valence-corrected chi connectivity index (χ4v) is 4.65. The second-order valence-electron chi connectivity index (χ2n) is 9.10. The van der Waals surface area contributed by atoms with Gasteiger partial charge in [0, 0.05) is 37.4 Å². The second kappa shape index (κ2) is 9.65. The summed E-state index contributed by atoms with van der Waals surface area (Å²) < 4.78 is 5.56. The number of benzene rings is 2. The maximum Gasteiger partial charge on any atom is 0.407 e. The van der Waals surface area contributed by atoms with Gasteiger partial charge in [-0.05, 0) is 35.6 Å². The van der Waals surface area contributed by atoms with Gasteiger partial charge in [-0.2, -0.15) is 0 Å². The maximum absolute atomic E-state index is 12.4. The number of carbonyl (C=O) groups is 3. The van der Waals surface area contributed by atoms with E-state index in [1.165, 1.54) is 11.1 Å². The lowest BCUT2D eigenvalue weighted by Crippen LogP contribution is -2.53. The van der Waals surface area contributed by atoms with Crippen LogP contribution >= 0.6 is 0 Å². The molecule has 2 amide bonds. The quantitative estimate of drug-likeness (QED) is 0.637. The Labute approximate surface area is 193 Å². The van der Waals surface area contributed by atoms with Crippen molar-refractivity contribution < 1.29 is 24.2 Å². The number of nitrogens with zero attached hydrogens (tertiary/aromatic N) is 1. The van der Waals surface area contributed by atoms with Gasteiger partial charge in [0.2, 0.25) is 5.91 Å². The van der Waals surface area contributed by atoms with E-state index in [9.17, 15) is 14.4 Å². The molecule has 33 heavy (non-hydrogen) atoms. The minimum atomic E-state index is -0.826. The smallest absolute Gasteiger partial charge is 0.407 e. The Morgan fingerprint density at radius 2 is 1.61 bits per heavy atom. The molecule has 1 aliphatic heterocycles. The van der Waals surface area contributed by atoms with Crippen LogP contribution in [0.3, 0.4) is 0 Å². The number of carboxylic acids is 1. The lowest BCUT2D eigenvalue weighted by atomic mass is 9.87. The van der Waals surface area contributed by atoms with Gasteiger partial charge >= 0.3 is 12.1 Å². The molecule has 174 valence electrons. The van der Waals surface area contributed by atoms with E-state index in [0.717, 1.165) is 11.1 Å². The molecule has 1 fully saturated rings. The van der Waals surface area contributed by atoms with Crippen LogP contribution in [0.5, 0.6) is 0 Å². The predicted molar refractivity (Wildman–Crippen MR) is 124 cm³/mol. The van der Waals surface area contributed by atoms with Crippen LogP contribution in [-0.4, -0.2) is 53.7 Å². The van der Waals surface area contributed by atoms with Crippen molar-refractivity contribution in [1.82, 2.24) is 10.2 Å². The van der Waals surface area contributed by atoms with Crippen LogP contribution < -0.4 is 5.32 Å². The summed E-state index contributed by atoms with van der Waals surface area (Å²) in [4.78, 5) is 37.4. The molecule has 2 aromatic carbocycles. The zero-order valence-electron chi connectivity index (χ0n) is 19.0. The number of rotatable bonds is 8. The van der Waals surface area contributed by atoms with E-state index in [-0.39, 0.29) is 30.4 Å². The molecule has 1 aliphatic carbocycles. The Kier molecular flexibility index (Phi) is 6.67. The molecule has 2 atom stereocenters.